The first-order valence-electron chi connectivity index (χ1n) is 3.52. The first-order valence-corrected chi connectivity index (χ1v) is 4.06. The van der Waals surface area contributed by atoms with Gasteiger partial charge in [-0.15, -0.1) is 11.6 Å². The van der Waals surface area contributed by atoms with Gasteiger partial charge < -0.3 is 5.11 Å². The Morgan fingerprint density at radius 2 is 2.30 bits per heavy atom. The molecule has 0 aromatic rings. The van der Waals surface area contributed by atoms with Gasteiger partial charge in [-0.3, -0.25) is 4.79 Å². The van der Waals surface area contributed by atoms with Crippen LogP contribution in [0.4, 0.5) is 0 Å². The second kappa shape index (κ2) is 3.24. The van der Waals surface area contributed by atoms with Crippen LogP contribution in [0.2, 0.25) is 0 Å². The lowest BCUT2D eigenvalue weighted by Gasteiger charge is -2.02. The Morgan fingerprint density at radius 1 is 1.60 bits per heavy atom. The van der Waals surface area contributed by atoms with Gasteiger partial charge in [-0.05, 0) is 25.2 Å². The molecule has 0 radical (unpaired) electrons. The van der Waals surface area contributed by atoms with Gasteiger partial charge in [0.05, 0.1) is 5.92 Å². The lowest BCUT2D eigenvalue weighted by atomic mass is 10.1. The molecule has 0 aliphatic heterocycles. The molecular weight excluding hydrogens is 152 g/mol. The van der Waals surface area contributed by atoms with Crippen LogP contribution >= 0.6 is 11.6 Å². The van der Waals surface area contributed by atoms with E-state index in [1.54, 1.807) is 0 Å². The maximum atomic E-state index is 10.4. The molecule has 1 aliphatic carbocycles. The first kappa shape index (κ1) is 7.86. The number of rotatable bonds is 2. The number of carbonyl (C=O) groups is 1. The van der Waals surface area contributed by atoms with E-state index < -0.39 is 5.97 Å². The minimum absolute atomic E-state index is 0.122. The number of hydrogen-bond donors (Lipinski definition) is 1. The van der Waals surface area contributed by atoms with Gasteiger partial charge in [-0.2, -0.15) is 0 Å². The van der Waals surface area contributed by atoms with Crippen LogP contribution in [-0.4, -0.2) is 17.0 Å². The third-order valence-corrected chi connectivity index (χ3v) is 2.55. The van der Waals surface area contributed by atoms with E-state index >= 15 is 0 Å². The molecular formula is C7H11ClO2. The fourth-order valence-corrected chi connectivity index (χ4v) is 1.72. The highest BCUT2D eigenvalue weighted by atomic mass is 35.5. The monoisotopic (exact) mass is 162 g/mol. The highest BCUT2D eigenvalue weighted by molar-refractivity contribution is 6.18. The van der Waals surface area contributed by atoms with Crippen LogP contribution in [0.1, 0.15) is 19.3 Å². The van der Waals surface area contributed by atoms with Crippen molar-refractivity contribution in [1.82, 2.24) is 0 Å². The zero-order valence-corrected chi connectivity index (χ0v) is 6.47. The molecule has 1 rings (SSSR count). The van der Waals surface area contributed by atoms with Crippen molar-refractivity contribution >= 4 is 17.6 Å². The van der Waals surface area contributed by atoms with Crippen LogP contribution in [0.15, 0.2) is 0 Å². The van der Waals surface area contributed by atoms with Gasteiger partial charge >= 0.3 is 5.97 Å². The SMILES string of the molecule is O=C(O)C1CCC(CCl)C1. The molecule has 0 aromatic carbocycles. The smallest absolute Gasteiger partial charge is 0.306 e. The topological polar surface area (TPSA) is 37.3 Å². The molecule has 2 atom stereocenters. The van der Waals surface area contributed by atoms with E-state index in [0.29, 0.717) is 11.8 Å². The number of carboxylic acid groups (broad SMARTS) is 1. The fourth-order valence-electron chi connectivity index (χ4n) is 1.44. The molecule has 2 nitrogen and oxygen atoms in total. The third-order valence-electron chi connectivity index (χ3n) is 2.11. The van der Waals surface area contributed by atoms with Crippen molar-refractivity contribution in [2.24, 2.45) is 11.8 Å². The molecule has 2 unspecified atom stereocenters. The van der Waals surface area contributed by atoms with Gasteiger partial charge in [0.2, 0.25) is 0 Å². The van der Waals surface area contributed by atoms with Crippen molar-refractivity contribution in [3.05, 3.63) is 0 Å². The summed E-state index contributed by atoms with van der Waals surface area (Å²) in [5, 5.41) is 8.58. The molecule has 1 aliphatic rings. The number of aliphatic carboxylic acids is 1. The molecule has 0 bridgehead atoms. The van der Waals surface area contributed by atoms with E-state index in [0.717, 1.165) is 19.3 Å². The van der Waals surface area contributed by atoms with Gasteiger partial charge in [0.15, 0.2) is 0 Å². The maximum Gasteiger partial charge on any atom is 0.306 e. The van der Waals surface area contributed by atoms with E-state index in [4.69, 9.17) is 16.7 Å². The minimum Gasteiger partial charge on any atom is -0.481 e. The molecule has 58 valence electrons. The van der Waals surface area contributed by atoms with Crippen LogP contribution in [0.25, 0.3) is 0 Å². The third kappa shape index (κ3) is 1.63. The van der Waals surface area contributed by atoms with E-state index in [1.165, 1.54) is 0 Å². The summed E-state index contributed by atoms with van der Waals surface area (Å²) in [7, 11) is 0. The molecule has 1 saturated carbocycles. The molecule has 0 spiro atoms. The fraction of sp³-hybridized carbons (Fsp3) is 0.857. The van der Waals surface area contributed by atoms with Crippen LogP contribution in [-0.2, 0) is 4.79 Å². The van der Waals surface area contributed by atoms with Crippen molar-refractivity contribution < 1.29 is 9.90 Å². The zero-order chi connectivity index (χ0) is 7.56. The summed E-state index contributed by atoms with van der Waals surface area (Å²) in [6.07, 6.45) is 2.58. The van der Waals surface area contributed by atoms with Crippen LogP contribution < -0.4 is 0 Å². The summed E-state index contributed by atoms with van der Waals surface area (Å²) in [6, 6.07) is 0. The quantitative estimate of drug-likeness (QED) is 0.628. The van der Waals surface area contributed by atoms with Gasteiger partial charge in [0.25, 0.3) is 0 Å². The molecule has 0 heterocycles. The normalized spacial score (nSPS) is 32.5. The first-order chi connectivity index (χ1) is 4.74. The summed E-state index contributed by atoms with van der Waals surface area (Å²) >= 11 is 5.58. The molecule has 3 heteroatoms. The zero-order valence-electron chi connectivity index (χ0n) is 5.72. The van der Waals surface area contributed by atoms with Gasteiger partial charge in [-0.25, -0.2) is 0 Å². The van der Waals surface area contributed by atoms with E-state index in [9.17, 15) is 4.79 Å². The molecule has 10 heavy (non-hydrogen) atoms. The van der Waals surface area contributed by atoms with Gasteiger partial charge in [0, 0.05) is 5.88 Å². The lowest BCUT2D eigenvalue weighted by Crippen LogP contribution is -2.09. The Morgan fingerprint density at radius 3 is 2.60 bits per heavy atom. The van der Waals surface area contributed by atoms with Crippen molar-refractivity contribution in [2.45, 2.75) is 19.3 Å². The summed E-state index contributed by atoms with van der Waals surface area (Å²) < 4.78 is 0. The van der Waals surface area contributed by atoms with Crippen molar-refractivity contribution in [2.75, 3.05) is 5.88 Å². The van der Waals surface area contributed by atoms with E-state index in [1.807, 2.05) is 0 Å². The number of hydrogen-bond acceptors (Lipinski definition) is 1. The van der Waals surface area contributed by atoms with E-state index in [-0.39, 0.29) is 5.92 Å². The van der Waals surface area contributed by atoms with Crippen LogP contribution in [0.3, 0.4) is 0 Å². The van der Waals surface area contributed by atoms with Gasteiger partial charge in [-0.1, -0.05) is 0 Å². The molecule has 0 amide bonds. The Labute approximate surface area is 65.2 Å². The average Bonchev–Trinajstić information content (AvgIpc) is 2.34. The second-order valence-corrected chi connectivity index (χ2v) is 3.18. The van der Waals surface area contributed by atoms with Gasteiger partial charge in [0.1, 0.15) is 0 Å². The van der Waals surface area contributed by atoms with Crippen LogP contribution in [0.5, 0.6) is 0 Å². The molecule has 0 aromatic heterocycles. The summed E-state index contributed by atoms with van der Waals surface area (Å²) in [5.41, 5.74) is 0. The minimum atomic E-state index is -0.660. The maximum absolute atomic E-state index is 10.4. The largest absolute Gasteiger partial charge is 0.481 e. The Bertz CT molecular complexity index is 136. The van der Waals surface area contributed by atoms with Crippen molar-refractivity contribution in [3.8, 4) is 0 Å². The predicted octanol–water partition coefficient (Wildman–Crippen LogP) is 1.73. The Balaban J connectivity index is 2.35. The molecule has 0 saturated heterocycles. The summed E-state index contributed by atoms with van der Waals surface area (Å²) in [4.78, 5) is 10.4. The predicted molar refractivity (Wildman–Crippen MR) is 39.2 cm³/mol. The lowest BCUT2D eigenvalue weighted by molar-refractivity contribution is -0.141. The second-order valence-electron chi connectivity index (χ2n) is 2.87. The highest BCUT2D eigenvalue weighted by Gasteiger charge is 2.28. The Kier molecular flexibility index (Phi) is 2.55. The number of carboxylic acids is 1. The standard InChI is InChI=1S/C7H11ClO2/c8-4-5-1-2-6(3-5)7(9)10/h5-6H,1-4H2,(H,9,10). The molecule has 1 fully saturated rings. The highest BCUT2D eigenvalue weighted by Crippen LogP contribution is 2.31. The number of alkyl halides is 1. The van der Waals surface area contributed by atoms with E-state index in [2.05, 4.69) is 0 Å². The number of halogens is 1. The molecule has 1 N–H and O–H groups in total. The Hall–Kier alpha value is -0.240. The van der Waals surface area contributed by atoms with Crippen molar-refractivity contribution in [1.29, 1.82) is 0 Å². The summed E-state index contributed by atoms with van der Waals surface area (Å²) in [6.45, 7) is 0. The van der Waals surface area contributed by atoms with Crippen LogP contribution in [0, 0.1) is 11.8 Å². The summed E-state index contributed by atoms with van der Waals surface area (Å²) in [5.74, 6) is 0.281. The van der Waals surface area contributed by atoms with Crippen molar-refractivity contribution in [3.63, 3.8) is 0 Å². The average molecular weight is 163 g/mol.